The zero-order valence-corrected chi connectivity index (χ0v) is 12.7. The second-order valence-corrected chi connectivity index (χ2v) is 5.11. The minimum Gasteiger partial charge on any atom is -0.441 e. The van der Waals surface area contributed by atoms with Gasteiger partial charge in [0.15, 0.2) is 0 Å². The second kappa shape index (κ2) is 6.57. The Balaban J connectivity index is 1.74. The van der Waals surface area contributed by atoms with Crippen LogP contribution in [0.25, 0.3) is 11.5 Å². The maximum absolute atomic E-state index is 13.6. The van der Waals surface area contributed by atoms with Crippen molar-refractivity contribution >= 4 is 11.6 Å². The van der Waals surface area contributed by atoms with E-state index in [1.165, 1.54) is 6.07 Å². The molecule has 122 valence electrons. The first-order valence-electron chi connectivity index (χ1n) is 7.14. The van der Waals surface area contributed by atoms with Crippen molar-refractivity contribution in [1.29, 1.82) is 0 Å². The fraction of sp³-hybridized carbons (Fsp3) is 0.118. The average Bonchev–Trinajstić information content (AvgIpc) is 2.92. The smallest absolute Gasteiger partial charge is 0.230 e. The SMILES string of the molecule is Cc1oc(-c2cccnc2)nc1CC(=O)Nc1ccc(F)cc1F. The van der Waals surface area contributed by atoms with Crippen LogP contribution >= 0.6 is 0 Å². The van der Waals surface area contributed by atoms with Crippen LogP contribution in [-0.4, -0.2) is 15.9 Å². The number of amides is 1. The number of carbonyl (C=O) groups is 1. The predicted molar refractivity (Wildman–Crippen MR) is 83.2 cm³/mol. The molecule has 0 radical (unpaired) electrons. The summed E-state index contributed by atoms with van der Waals surface area (Å²) in [7, 11) is 0. The molecule has 0 saturated heterocycles. The van der Waals surface area contributed by atoms with Crippen molar-refractivity contribution in [1.82, 2.24) is 9.97 Å². The standard InChI is InChI=1S/C17H13F2N3O2/c1-10-15(22-17(24-10)11-3-2-6-20-9-11)8-16(23)21-14-5-4-12(18)7-13(14)19/h2-7,9H,8H2,1H3,(H,21,23). The average molecular weight is 329 g/mol. The molecule has 2 heterocycles. The Kier molecular flexibility index (Phi) is 4.33. The van der Waals surface area contributed by atoms with E-state index in [9.17, 15) is 13.6 Å². The lowest BCUT2D eigenvalue weighted by Crippen LogP contribution is -2.16. The molecule has 1 N–H and O–H groups in total. The van der Waals surface area contributed by atoms with Crippen LogP contribution in [0.15, 0.2) is 47.1 Å². The van der Waals surface area contributed by atoms with Crippen molar-refractivity contribution < 1.29 is 18.0 Å². The minimum atomic E-state index is -0.837. The number of rotatable bonds is 4. The molecular weight excluding hydrogens is 316 g/mol. The zero-order valence-electron chi connectivity index (χ0n) is 12.7. The molecule has 0 aliphatic rings. The maximum Gasteiger partial charge on any atom is 0.230 e. The van der Waals surface area contributed by atoms with Gasteiger partial charge in [0, 0.05) is 18.5 Å². The van der Waals surface area contributed by atoms with Gasteiger partial charge in [-0.25, -0.2) is 13.8 Å². The van der Waals surface area contributed by atoms with Crippen LogP contribution in [0.3, 0.4) is 0 Å². The van der Waals surface area contributed by atoms with E-state index >= 15 is 0 Å². The number of aromatic nitrogens is 2. The molecule has 0 fully saturated rings. The van der Waals surface area contributed by atoms with Gasteiger partial charge in [-0.3, -0.25) is 9.78 Å². The monoisotopic (exact) mass is 329 g/mol. The molecule has 24 heavy (non-hydrogen) atoms. The number of nitrogens with zero attached hydrogens (tertiary/aromatic N) is 2. The number of hydrogen-bond donors (Lipinski definition) is 1. The number of pyridine rings is 1. The normalized spacial score (nSPS) is 10.6. The van der Waals surface area contributed by atoms with Gasteiger partial charge in [-0.05, 0) is 31.2 Å². The summed E-state index contributed by atoms with van der Waals surface area (Å²) < 4.78 is 32.0. The Bertz CT molecular complexity index is 879. The third kappa shape index (κ3) is 3.45. The molecule has 3 rings (SSSR count). The van der Waals surface area contributed by atoms with Gasteiger partial charge in [-0.15, -0.1) is 0 Å². The molecule has 0 saturated carbocycles. The van der Waals surface area contributed by atoms with Crippen molar-refractivity contribution in [3.63, 3.8) is 0 Å². The molecule has 0 unspecified atom stereocenters. The number of carbonyl (C=O) groups excluding carboxylic acids is 1. The molecule has 5 nitrogen and oxygen atoms in total. The lowest BCUT2D eigenvalue weighted by atomic mass is 10.2. The number of anilines is 1. The van der Waals surface area contributed by atoms with Gasteiger partial charge >= 0.3 is 0 Å². The Morgan fingerprint density at radius 1 is 1.29 bits per heavy atom. The van der Waals surface area contributed by atoms with E-state index in [0.717, 1.165) is 6.07 Å². The predicted octanol–water partition coefficient (Wildman–Crippen LogP) is 3.50. The Labute approximate surface area is 136 Å². The van der Waals surface area contributed by atoms with Crippen molar-refractivity contribution in [2.24, 2.45) is 0 Å². The highest BCUT2D eigenvalue weighted by molar-refractivity contribution is 5.92. The molecule has 0 spiro atoms. The van der Waals surface area contributed by atoms with Crippen LogP contribution in [-0.2, 0) is 11.2 Å². The Morgan fingerprint density at radius 3 is 2.83 bits per heavy atom. The van der Waals surface area contributed by atoms with E-state index in [0.29, 0.717) is 29.0 Å². The highest BCUT2D eigenvalue weighted by Crippen LogP contribution is 2.21. The van der Waals surface area contributed by atoms with Crippen LogP contribution in [0.1, 0.15) is 11.5 Å². The van der Waals surface area contributed by atoms with E-state index in [1.807, 2.05) is 0 Å². The van der Waals surface area contributed by atoms with Gasteiger partial charge in [0.2, 0.25) is 11.8 Å². The topological polar surface area (TPSA) is 68.0 Å². The first-order valence-corrected chi connectivity index (χ1v) is 7.14. The number of nitrogens with one attached hydrogen (secondary N) is 1. The highest BCUT2D eigenvalue weighted by atomic mass is 19.1. The molecule has 2 aromatic heterocycles. The Morgan fingerprint density at radius 2 is 2.12 bits per heavy atom. The number of aryl methyl sites for hydroxylation is 1. The highest BCUT2D eigenvalue weighted by Gasteiger charge is 2.16. The van der Waals surface area contributed by atoms with E-state index < -0.39 is 17.5 Å². The first kappa shape index (κ1) is 15.8. The third-order valence-corrected chi connectivity index (χ3v) is 3.33. The summed E-state index contributed by atoms with van der Waals surface area (Å²) in [6, 6.07) is 6.48. The summed E-state index contributed by atoms with van der Waals surface area (Å²) in [5, 5.41) is 2.39. The number of oxazole rings is 1. The Hall–Kier alpha value is -3.09. The van der Waals surface area contributed by atoms with Gasteiger partial charge in [-0.1, -0.05) is 0 Å². The largest absolute Gasteiger partial charge is 0.441 e. The first-order chi connectivity index (χ1) is 11.5. The van der Waals surface area contributed by atoms with E-state index in [1.54, 1.807) is 31.5 Å². The maximum atomic E-state index is 13.6. The van der Waals surface area contributed by atoms with E-state index in [-0.39, 0.29) is 12.1 Å². The quantitative estimate of drug-likeness (QED) is 0.795. The summed E-state index contributed by atoms with van der Waals surface area (Å²) in [5.41, 5.74) is 1.04. The molecular formula is C17H13F2N3O2. The van der Waals surface area contributed by atoms with Gasteiger partial charge in [0.1, 0.15) is 17.4 Å². The van der Waals surface area contributed by atoms with Crippen molar-refractivity contribution in [2.45, 2.75) is 13.3 Å². The fourth-order valence-corrected chi connectivity index (χ4v) is 2.14. The van der Waals surface area contributed by atoms with Crippen LogP contribution in [0.4, 0.5) is 14.5 Å². The number of benzene rings is 1. The minimum absolute atomic E-state index is 0.0879. The molecule has 0 bridgehead atoms. The molecule has 0 aliphatic heterocycles. The zero-order chi connectivity index (χ0) is 17.1. The molecule has 7 heteroatoms. The van der Waals surface area contributed by atoms with E-state index in [2.05, 4.69) is 15.3 Å². The third-order valence-electron chi connectivity index (χ3n) is 3.33. The van der Waals surface area contributed by atoms with Crippen LogP contribution in [0, 0.1) is 18.6 Å². The summed E-state index contributed by atoms with van der Waals surface area (Å²) in [4.78, 5) is 20.3. The molecule has 3 aromatic rings. The molecule has 1 amide bonds. The summed E-state index contributed by atoms with van der Waals surface area (Å²) in [6.45, 7) is 1.69. The number of halogens is 2. The number of hydrogen-bond acceptors (Lipinski definition) is 4. The van der Waals surface area contributed by atoms with Crippen LogP contribution in [0.2, 0.25) is 0 Å². The van der Waals surface area contributed by atoms with Gasteiger partial charge in [-0.2, -0.15) is 0 Å². The molecule has 0 atom stereocenters. The van der Waals surface area contributed by atoms with Crippen LogP contribution in [0.5, 0.6) is 0 Å². The van der Waals surface area contributed by atoms with Crippen LogP contribution < -0.4 is 5.32 Å². The molecule has 0 aliphatic carbocycles. The van der Waals surface area contributed by atoms with Gasteiger partial charge in [0.25, 0.3) is 0 Å². The molecule has 1 aromatic carbocycles. The van der Waals surface area contributed by atoms with Crippen molar-refractivity contribution in [3.8, 4) is 11.5 Å². The summed E-state index contributed by atoms with van der Waals surface area (Å²) in [6.07, 6.45) is 3.14. The van der Waals surface area contributed by atoms with Crippen molar-refractivity contribution in [3.05, 3.63) is 65.8 Å². The van der Waals surface area contributed by atoms with E-state index in [4.69, 9.17) is 4.42 Å². The lowest BCUT2D eigenvalue weighted by molar-refractivity contribution is -0.115. The van der Waals surface area contributed by atoms with Gasteiger partial charge in [0.05, 0.1) is 23.4 Å². The summed E-state index contributed by atoms with van der Waals surface area (Å²) in [5.74, 6) is -1.18. The second-order valence-electron chi connectivity index (χ2n) is 5.11. The lowest BCUT2D eigenvalue weighted by Gasteiger charge is -2.05. The summed E-state index contributed by atoms with van der Waals surface area (Å²) >= 11 is 0. The fourth-order valence-electron chi connectivity index (χ4n) is 2.14. The van der Waals surface area contributed by atoms with Crippen molar-refractivity contribution in [2.75, 3.05) is 5.32 Å². The van der Waals surface area contributed by atoms with Gasteiger partial charge < -0.3 is 9.73 Å².